The highest BCUT2D eigenvalue weighted by Gasteiger charge is 2.29. The van der Waals surface area contributed by atoms with Crippen LogP contribution in [0.5, 0.6) is 11.5 Å². The standard InChI is InChI=1S/C24H24O4/c1-2-16-8-10-17(11-9-16)14-22-23(25)20-13-12-19(15-21(20)28-22)27-24(26)18-6-4-3-5-7-18/h8-15,18H,2-7H2,1H3/b22-14-. The van der Waals surface area contributed by atoms with E-state index < -0.39 is 0 Å². The van der Waals surface area contributed by atoms with E-state index in [0.717, 1.165) is 37.7 Å². The lowest BCUT2D eigenvalue weighted by molar-refractivity contribution is -0.139. The zero-order chi connectivity index (χ0) is 19.5. The molecule has 4 rings (SSSR count). The third-order valence-electron chi connectivity index (χ3n) is 5.48. The fourth-order valence-electron chi connectivity index (χ4n) is 3.77. The van der Waals surface area contributed by atoms with Gasteiger partial charge in [-0.25, -0.2) is 0 Å². The Balaban J connectivity index is 1.49. The molecule has 4 heteroatoms. The summed E-state index contributed by atoms with van der Waals surface area (Å²) in [6.45, 7) is 2.10. The molecule has 0 N–H and O–H groups in total. The number of Topliss-reactive ketones (excluding diaryl/α,β-unsaturated/α-hetero) is 1. The lowest BCUT2D eigenvalue weighted by atomic mass is 9.89. The molecular formula is C24H24O4. The highest BCUT2D eigenvalue weighted by Crippen LogP contribution is 2.35. The number of benzene rings is 2. The SMILES string of the molecule is CCc1ccc(/C=C2\Oc3cc(OC(=O)C4CCCCC4)ccc3C2=O)cc1. The molecular weight excluding hydrogens is 352 g/mol. The molecule has 4 nitrogen and oxygen atoms in total. The number of ketones is 1. The Kier molecular flexibility index (Phi) is 5.29. The van der Waals surface area contributed by atoms with Gasteiger partial charge in [0.05, 0.1) is 11.5 Å². The molecule has 1 fully saturated rings. The van der Waals surface area contributed by atoms with Crippen LogP contribution in [-0.2, 0) is 11.2 Å². The van der Waals surface area contributed by atoms with E-state index in [9.17, 15) is 9.59 Å². The van der Waals surface area contributed by atoms with Crippen LogP contribution >= 0.6 is 0 Å². The molecule has 0 saturated heterocycles. The Morgan fingerprint density at radius 2 is 1.86 bits per heavy atom. The molecule has 0 aromatic heterocycles. The van der Waals surface area contributed by atoms with Gasteiger partial charge in [0, 0.05) is 6.07 Å². The monoisotopic (exact) mass is 376 g/mol. The van der Waals surface area contributed by atoms with Gasteiger partial charge in [-0.2, -0.15) is 0 Å². The van der Waals surface area contributed by atoms with Crippen LogP contribution in [0.4, 0.5) is 0 Å². The zero-order valence-corrected chi connectivity index (χ0v) is 16.1. The normalized spacial score (nSPS) is 18.0. The first-order chi connectivity index (χ1) is 13.6. The van der Waals surface area contributed by atoms with Crippen LogP contribution in [0.3, 0.4) is 0 Å². The second-order valence-corrected chi connectivity index (χ2v) is 7.45. The molecule has 0 bridgehead atoms. The van der Waals surface area contributed by atoms with Crippen molar-refractivity contribution in [3.63, 3.8) is 0 Å². The lowest BCUT2D eigenvalue weighted by Crippen LogP contribution is -2.22. The zero-order valence-electron chi connectivity index (χ0n) is 16.1. The van der Waals surface area contributed by atoms with Crippen LogP contribution in [-0.4, -0.2) is 11.8 Å². The maximum Gasteiger partial charge on any atom is 0.314 e. The van der Waals surface area contributed by atoms with Crippen LogP contribution in [0.2, 0.25) is 0 Å². The molecule has 1 aliphatic carbocycles. The number of esters is 1. The first kappa shape index (κ1) is 18.5. The van der Waals surface area contributed by atoms with Crippen LogP contribution in [0.25, 0.3) is 6.08 Å². The molecule has 0 spiro atoms. The summed E-state index contributed by atoms with van der Waals surface area (Å²) in [4.78, 5) is 25.0. The second kappa shape index (κ2) is 8.01. The smallest absolute Gasteiger partial charge is 0.314 e. The number of hydrogen-bond acceptors (Lipinski definition) is 4. The number of fused-ring (bicyclic) bond motifs is 1. The number of aryl methyl sites for hydroxylation is 1. The maximum absolute atomic E-state index is 12.6. The van der Waals surface area contributed by atoms with E-state index in [1.165, 1.54) is 12.0 Å². The van der Waals surface area contributed by atoms with Gasteiger partial charge < -0.3 is 9.47 Å². The van der Waals surface area contributed by atoms with Crippen molar-refractivity contribution in [1.29, 1.82) is 0 Å². The van der Waals surface area contributed by atoms with E-state index in [1.807, 2.05) is 24.3 Å². The van der Waals surface area contributed by atoms with Crippen LogP contribution < -0.4 is 9.47 Å². The van der Waals surface area contributed by atoms with Gasteiger partial charge in [-0.1, -0.05) is 50.5 Å². The quantitative estimate of drug-likeness (QED) is 0.410. The molecule has 0 unspecified atom stereocenters. The van der Waals surface area contributed by atoms with E-state index in [-0.39, 0.29) is 23.4 Å². The van der Waals surface area contributed by atoms with E-state index in [1.54, 1.807) is 24.3 Å². The van der Waals surface area contributed by atoms with Gasteiger partial charge in [-0.05, 0) is 48.6 Å². The highest BCUT2D eigenvalue weighted by atomic mass is 16.5. The highest BCUT2D eigenvalue weighted by molar-refractivity contribution is 6.14. The Morgan fingerprint density at radius 3 is 2.57 bits per heavy atom. The minimum atomic E-state index is -0.184. The minimum Gasteiger partial charge on any atom is -0.452 e. The van der Waals surface area contributed by atoms with Gasteiger partial charge in [-0.15, -0.1) is 0 Å². The predicted octanol–water partition coefficient (Wildman–Crippen LogP) is 5.35. The third kappa shape index (κ3) is 3.86. The maximum atomic E-state index is 12.6. The van der Waals surface area contributed by atoms with E-state index in [4.69, 9.17) is 9.47 Å². The van der Waals surface area contributed by atoms with Gasteiger partial charge in [0.2, 0.25) is 5.78 Å². The van der Waals surface area contributed by atoms with E-state index in [2.05, 4.69) is 6.92 Å². The van der Waals surface area contributed by atoms with Crippen LogP contribution in [0.1, 0.15) is 60.5 Å². The van der Waals surface area contributed by atoms with Crippen molar-refractivity contribution >= 4 is 17.8 Å². The summed E-state index contributed by atoms with van der Waals surface area (Å²) >= 11 is 0. The molecule has 0 atom stereocenters. The molecule has 144 valence electrons. The summed E-state index contributed by atoms with van der Waals surface area (Å²) < 4.78 is 11.3. The van der Waals surface area contributed by atoms with Gasteiger partial charge in [-0.3, -0.25) is 9.59 Å². The molecule has 2 aromatic carbocycles. The van der Waals surface area contributed by atoms with E-state index >= 15 is 0 Å². The number of carbonyl (C=O) groups excluding carboxylic acids is 2. The molecule has 1 saturated carbocycles. The first-order valence-corrected chi connectivity index (χ1v) is 10.0. The number of carbonyl (C=O) groups is 2. The van der Waals surface area contributed by atoms with Crippen molar-refractivity contribution in [2.45, 2.75) is 45.4 Å². The van der Waals surface area contributed by atoms with E-state index in [0.29, 0.717) is 17.1 Å². The van der Waals surface area contributed by atoms with Gasteiger partial charge >= 0.3 is 5.97 Å². The summed E-state index contributed by atoms with van der Waals surface area (Å²) in [6.07, 6.45) is 7.85. The molecule has 0 radical (unpaired) electrons. The summed E-state index contributed by atoms with van der Waals surface area (Å²) in [5.74, 6) is 0.794. The van der Waals surface area contributed by atoms with Crippen molar-refractivity contribution < 1.29 is 19.1 Å². The van der Waals surface area contributed by atoms with Gasteiger partial charge in [0.1, 0.15) is 11.5 Å². The van der Waals surface area contributed by atoms with Crippen LogP contribution in [0, 0.1) is 5.92 Å². The average Bonchev–Trinajstić information content (AvgIpc) is 3.04. The van der Waals surface area contributed by atoms with Crippen LogP contribution in [0.15, 0.2) is 48.2 Å². The van der Waals surface area contributed by atoms with Crippen molar-refractivity contribution in [3.05, 3.63) is 64.9 Å². The predicted molar refractivity (Wildman–Crippen MR) is 107 cm³/mol. The fourth-order valence-corrected chi connectivity index (χ4v) is 3.77. The molecule has 1 heterocycles. The molecule has 28 heavy (non-hydrogen) atoms. The summed E-state index contributed by atoms with van der Waals surface area (Å²) in [5, 5.41) is 0. The molecule has 2 aromatic rings. The summed E-state index contributed by atoms with van der Waals surface area (Å²) in [6, 6.07) is 13.0. The number of rotatable bonds is 4. The van der Waals surface area contributed by atoms with Gasteiger partial charge in [0.25, 0.3) is 0 Å². The molecule has 0 amide bonds. The topological polar surface area (TPSA) is 52.6 Å². The average molecular weight is 376 g/mol. The Morgan fingerprint density at radius 1 is 1.11 bits per heavy atom. The van der Waals surface area contributed by atoms with Crippen molar-refractivity contribution in [2.24, 2.45) is 5.92 Å². The summed E-state index contributed by atoms with van der Waals surface area (Å²) in [7, 11) is 0. The molecule has 1 aliphatic heterocycles. The summed E-state index contributed by atoms with van der Waals surface area (Å²) in [5.41, 5.74) is 2.65. The Labute approximate surface area is 165 Å². The van der Waals surface area contributed by atoms with Gasteiger partial charge in [0.15, 0.2) is 5.76 Å². The number of hydrogen-bond donors (Lipinski definition) is 0. The fraction of sp³-hybridized carbons (Fsp3) is 0.333. The van der Waals surface area contributed by atoms with Crippen molar-refractivity contribution in [3.8, 4) is 11.5 Å². The Hall–Kier alpha value is -2.88. The van der Waals surface area contributed by atoms with Crippen molar-refractivity contribution in [2.75, 3.05) is 0 Å². The molecule has 2 aliphatic rings. The minimum absolute atomic E-state index is 0.0221. The third-order valence-corrected chi connectivity index (χ3v) is 5.48. The largest absolute Gasteiger partial charge is 0.452 e. The lowest BCUT2D eigenvalue weighted by Gasteiger charge is -2.19. The Bertz CT molecular complexity index is 918. The number of ether oxygens (including phenoxy) is 2. The number of allylic oxidation sites excluding steroid dienone is 1. The van der Waals surface area contributed by atoms with Crippen molar-refractivity contribution in [1.82, 2.24) is 0 Å². The first-order valence-electron chi connectivity index (χ1n) is 10.0. The second-order valence-electron chi connectivity index (χ2n) is 7.45.